The number of carboxylic acids is 2. The Hall–Kier alpha value is -3.17. The van der Waals surface area contributed by atoms with Crippen molar-refractivity contribution in [2.45, 2.75) is 70.1 Å². The van der Waals surface area contributed by atoms with Crippen LogP contribution in [0.4, 0.5) is 5.69 Å². The SMILES string of the molecule is CCn1ncc2c(NC3CCCCC3)c(C3=NOC(CC(=O)O)(C(=O)O)C3)cnc21. The van der Waals surface area contributed by atoms with E-state index in [4.69, 9.17) is 9.94 Å². The summed E-state index contributed by atoms with van der Waals surface area (Å²) in [6, 6.07) is 0.291. The molecule has 0 spiro atoms. The third-order valence-corrected chi connectivity index (χ3v) is 5.84. The van der Waals surface area contributed by atoms with Crippen LogP contribution in [0.3, 0.4) is 0 Å². The summed E-state index contributed by atoms with van der Waals surface area (Å²) in [4.78, 5) is 32.7. The van der Waals surface area contributed by atoms with Crippen molar-refractivity contribution in [2.75, 3.05) is 5.32 Å². The molecule has 2 aliphatic rings. The number of anilines is 1. The lowest BCUT2D eigenvalue weighted by Gasteiger charge is -2.25. The van der Waals surface area contributed by atoms with E-state index in [1.807, 2.05) is 6.92 Å². The molecule has 0 amide bonds. The Balaban J connectivity index is 1.74. The van der Waals surface area contributed by atoms with Crippen molar-refractivity contribution < 1.29 is 24.6 Å². The van der Waals surface area contributed by atoms with Crippen LogP contribution in [0, 0.1) is 0 Å². The monoisotopic (exact) mass is 415 g/mol. The number of hydrogen-bond donors (Lipinski definition) is 3. The fourth-order valence-corrected chi connectivity index (χ4v) is 4.23. The summed E-state index contributed by atoms with van der Waals surface area (Å²) in [5.74, 6) is -2.61. The van der Waals surface area contributed by atoms with Gasteiger partial charge in [-0.15, -0.1) is 0 Å². The molecular formula is C20H25N5O5. The zero-order chi connectivity index (χ0) is 21.3. The van der Waals surface area contributed by atoms with E-state index in [1.165, 1.54) is 6.42 Å². The highest BCUT2D eigenvalue weighted by molar-refractivity contribution is 6.12. The molecule has 2 aromatic heterocycles. The van der Waals surface area contributed by atoms with Gasteiger partial charge in [-0.25, -0.2) is 14.5 Å². The third-order valence-electron chi connectivity index (χ3n) is 5.84. The minimum Gasteiger partial charge on any atom is -0.481 e. The van der Waals surface area contributed by atoms with Gasteiger partial charge in [-0.2, -0.15) is 5.10 Å². The Morgan fingerprint density at radius 1 is 1.27 bits per heavy atom. The fraction of sp³-hybridized carbons (Fsp3) is 0.550. The normalized spacial score (nSPS) is 22.0. The molecule has 1 unspecified atom stereocenters. The van der Waals surface area contributed by atoms with Gasteiger partial charge in [0.25, 0.3) is 0 Å². The molecule has 1 atom stereocenters. The van der Waals surface area contributed by atoms with Crippen molar-refractivity contribution >= 4 is 34.4 Å². The van der Waals surface area contributed by atoms with E-state index in [-0.39, 0.29) is 6.42 Å². The van der Waals surface area contributed by atoms with Gasteiger partial charge < -0.3 is 20.4 Å². The number of aromatic nitrogens is 3. The maximum atomic E-state index is 11.8. The molecule has 10 heteroatoms. The molecule has 4 rings (SSSR count). The maximum Gasteiger partial charge on any atom is 0.351 e. The molecule has 0 bridgehead atoms. The first-order valence-corrected chi connectivity index (χ1v) is 10.2. The van der Waals surface area contributed by atoms with Gasteiger partial charge >= 0.3 is 11.9 Å². The average Bonchev–Trinajstić information content (AvgIpc) is 3.33. The molecule has 3 heterocycles. The quantitative estimate of drug-likeness (QED) is 0.627. The van der Waals surface area contributed by atoms with E-state index in [2.05, 4.69) is 20.6 Å². The second kappa shape index (κ2) is 7.92. The van der Waals surface area contributed by atoms with E-state index in [1.54, 1.807) is 17.1 Å². The van der Waals surface area contributed by atoms with Gasteiger partial charge in [0.2, 0.25) is 5.60 Å². The molecular weight excluding hydrogens is 390 g/mol. The Labute approximate surface area is 172 Å². The second-order valence-corrected chi connectivity index (χ2v) is 7.90. The minimum absolute atomic E-state index is 0.150. The average molecular weight is 415 g/mol. The number of aliphatic carboxylic acids is 2. The lowest BCUT2D eigenvalue weighted by Crippen LogP contribution is -2.41. The lowest BCUT2D eigenvalue weighted by atomic mass is 9.90. The molecule has 0 saturated heterocycles. The van der Waals surface area contributed by atoms with Gasteiger partial charge in [0, 0.05) is 30.8 Å². The summed E-state index contributed by atoms with van der Waals surface area (Å²) in [6.45, 7) is 2.65. The van der Waals surface area contributed by atoms with Crippen LogP contribution in [0.25, 0.3) is 11.0 Å². The Kier molecular flexibility index (Phi) is 5.31. The van der Waals surface area contributed by atoms with Crippen molar-refractivity contribution in [3.8, 4) is 0 Å². The smallest absolute Gasteiger partial charge is 0.351 e. The molecule has 0 aromatic carbocycles. The van der Waals surface area contributed by atoms with E-state index in [9.17, 15) is 14.7 Å². The summed E-state index contributed by atoms with van der Waals surface area (Å²) < 4.78 is 1.80. The van der Waals surface area contributed by atoms with Crippen LogP contribution in [-0.4, -0.2) is 54.3 Å². The predicted molar refractivity (Wildman–Crippen MR) is 109 cm³/mol. The van der Waals surface area contributed by atoms with E-state index in [0.717, 1.165) is 42.4 Å². The number of aryl methyl sites for hydroxylation is 1. The Bertz CT molecular complexity index is 1010. The van der Waals surface area contributed by atoms with Gasteiger partial charge in [0.15, 0.2) is 5.65 Å². The zero-order valence-electron chi connectivity index (χ0n) is 16.8. The van der Waals surface area contributed by atoms with Crippen LogP contribution >= 0.6 is 0 Å². The third kappa shape index (κ3) is 3.57. The summed E-state index contributed by atoms with van der Waals surface area (Å²) in [7, 11) is 0. The summed E-state index contributed by atoms with van der Waals surface area (Å²) in [5, 5.41) is 31.6. The first kappa shape index (κ1) is 20.1. The van der Waals surface area contributed by atoms with Gasteiger partial charge in [-0.1, -0.05) is 24.4 Å². The van der Waals surface area contributed by atoms with Crippen LogP contribution in [0.15, 0.2) is 17.5 Å². The highest BCUT2D eigenvalue weighted by Gasteiger charge is 2.49. The summed E-state index contributed by atoms with van der Waals surface area (Å²) >= 11 is 0. The largest absolute Gasteiger partial charge is 0.481 e. The van der Waals surface area contributed by atoms with Crippen molar-refractivity contribution in [2.24, 2.45) is 5.16 Å². The standard InChI is InChI=1S/C20H25N5O5/c1-2-25-18-14(11-22-25)17(23-12-6-4-3-5-7-12)13(10-21-18)15-8-20(19(28)29,30-24-15)9-16(26)27/h10-12H,2-9H2,1H3,(H,21,23)(H,26,27)(H,28,29). The number of carboxylic acid groups (broad SMARTS) is 2. The lowest BCUT2D eigenvalue weighted by molar-refractivity contribution is -0.169. The maximum absolute atomic E-state index is 11.8. The molecule has 3 N–H and O–H groups in total. The van der Waals surface area contributed by atoms with Crippen LogP contribution in [0.2, 0.25) is 0 Å². The Morgan fingerprint density at radius 3 is 2.70 bits per heavy atom. The van der Waals surface area contributed by atoms with Crippen molar-refractivity contribution in [1.29, 1.82) is 0 Å². The first-order chi connectivity index (χ1) is 14.4. The van der Waals surface area contributed by atoms with Crippen molar-refractivity contribution in [3.63, 3.8) is 0 Å². The van der Waals surface area contributed by atoms with Crippen LogP contribution < -0.4 is 5.32 Å². The van der Waals surface area contributed by atoms with Crippen molar-refractivity contribution in [1.82, 2.24) is 14.8 Å². The van der Waals surface area contributed by atoms with Gasteiger partial charge in [0.1, 0.15) is 0 Å². The summed E-state index contributed by atoms with van der Waals surface area (Å²) in [6.07, 6.45) is 8.19. The number of pyridine rings is 1. The number of oxime groups is 1. The minimum atomic E-state index is -1.91. The number of nitrogens with one attached hydrogen (secondary N) is 1. The number of hydrogen-bond acceptors (Lipinski definition) is 7. The number of carbonyl (C=O) groups is 2. The van der Waals surface area contributed by atoms with E-state index >= 15 is 0 Å². The topological polar surface area (TPSA) is 139 Å². The molecule has 1 fully saturated rings. The number of fused-ring (bicyclic) bond motifs is 1. The number of nitrogens with zero attached hydrogens (tertiary/aromatic N) is 4. The van der Waals surface area contributed by atoms with Gasteiger partial charge in [-0.05, 0) is 19.8 Å². The predicted octanol–water partition coefficient (Wildman–Crippen LogP) is 2.62. The molecule has 1 aliphatic carbocycles. The van der Waals surface area contributed by atoms with Crippen molar-refractivity contribution in [3.05, 3.63) is 18.0 Å². The van der Waals surface area contributed by atoms with E-state index in [0.29, 0.717) is 23.9 Å². The van der Waals surface area contributed by atoms with Gasteiger partial charge in [0.05, 0.1) is 29.4 Å². The molecule has 2 aromatic rings. The summed E-state index contributed by atoms with van der Waals surface area (Å²) in [5.41, 5.74) is 0.610. The highest BCUT2D eigenvalue weighted by Crippen LogP contribution is 2.36. The molecule has 0 radical (unpaired) electrons. The molecule has 1 saturated carbocycles. The fourth-order valence-electron chi connectivity index (χ4n) is 4.23. The van der Waals surface area contributed by atoms with Crippen LogP contribution in [0.1, 0.15) is 57.4 Å². The zero-order valence-corrected chi connectivity index (χ0v) is 16.8. The second-order valence-electron chi connectivity index (χ2n) is 7.90. The molecule has 10 nitrogen and oxygen atoms in total. The Morgan fingerprint density at radius 2 is 2.03 bits per heavy atom. The molecule has 30 heavy (non-hydrogen) atoms. The number of rotatable bonds is 7. The van der Waals surface area contributed by atoms with E-state index < -0.39 is 24.0 Å². The van der Waals surface area contributed by atoms with Gasteiger partial charge in [-0.3, -0.25) is 4.79 Å². The molecule has 160 valence electrons. The highest BCUT2D eigenvalue weighted by atomic mass is 16.7. The molecule has 1 aliphatic heterocycles. The van der Waals surface area contributed by atoms with Crippen LogP contribution in [-0.2, 0) is 21.0 Å². The first-order valence-electron chi connectivity index (χ1n) is 10.2. The van der Waals surface area contributed by atoms with Crippen LogP contribution in [0.5, 0.6) is 0 Å².